The monoisotopic (exact) mass is 617 g/mol. The van der Waals surface area contributed by atoms with E-state index in [2.05, 4.69) is 26.6 Å². The molecule has 2 atom stereocenters. The fourth-order valence-corrected chi connectivity index (χ4v) is 4.69. The van der Waals surface area contributed by atoms with Gasteiger partial charge < -0.3 is 36.8 Å². The molecule has 2 unspecified atom stereocenters. The van der Waals surface area contributed by atoms with Crippen molar-refractivity contribution in [2.24, 2.45) is 5.92 Å². The smallest absolute Gasteiger partial charge is 0.251 e. The molecule has 3 aromatic carbocycles. The van der Waals surface area contributed by atoms with Crippen molar-refractivity contribution in [3.05, 3.63) is 95.1 Å². The summed E-state index contributed by atoms with van der Waals surface area (Å²) >= 11 is 0. The first-order valence-corrected chi connectivity index (χ1v) is 15.1. The number of rotatable bonds is 16. The maximum atomic E-state index is 13.3. The molecule has 0 aliphatic rings. The molecular formula is C34H43N5O6. The Bertz CT molecular complexity index is 1450. The number of phenolic OH excluding ortho intramolecular Hbond substituents is 2. The van der Waals surface area contributed by atoms with Gasteiger partial charge in [0.1, 0.15) is 6.04 Å². The van der Waals surface area contributed by atoms with Crippen molar-refractivity contribution in [1.29, 1.82) is 0 Å². The minimum Gasteiger partial charge on any atom is -0.504 e. The highest BCUT2D eigenvalue weighted by molar-refractivity contribution is 5.99. The van der Waals surface area contributed by atoms with E-state index in [1.165, 1.54) is 18.2 Å². The highest BCUT2D eigenvalue weighted by Crippen LogP contribution is 2.24. The van der Waals surface area contributed by atoms with Gasteiger partial charge in [0.2, 0.25) is 11.8 Å². The summed E-state index contributed by atoms with van der Waals surface area (Å²) in [6.45, 7) is 6.55. The third-order valence-corrected chi connectivity index (χ3v) is 7.08. The predicted octanol–water partition coefficient (Wildman–Crippen LogP) is 2.28. The molecule has 0 aliphatic heterocycles. The third kappa shape index (κ3) is 11.3. The quantitative estimate of drug-likeness (QED) is 0.121. The minimum absolute atomic E-state index is 0.0385. The van der Waals surface area contributed by atoms with Crippen LogP contribution in [0.5, 0.6) is 11.5 Å². The van der Waals surface area contributed by atoms with E-state index < -0.39 is 6.04 Å². The van der Waals surface area contributed by atoms with Gasteiger partial charge in [-0.15, -0.1) is 0 Å². The first kappa shape index (κ1) is 34.6. The standard InChI is InChI=1S/C34H43N5O6/c1-4-36-34(45)31(22(2)3)39-30(42)21-35-20-27(17-23-9-6-5-7-10-23)38-33(44)26-12-8-11-25(19-26)32(43)37-16-15-24-13-14-28(40)29(41)18-24/h5-14,18-19,22,27,31,35,40-41H,4,15-17,20-21H2,1-3H3,(H,36,45)(H,37,43)(H,38,44)(H,39,42). The zero-order valence-electron chi connectivity index (χ0n) is 25.9. The van der Waals surface area contributed by atoms with Gasteiger partial charge in [-0.3, -0.25) is 19.2 Å². The molecule has 4 amide bonds. The maximum absolute atomic E-state index is 13.3. The molecule has 3 aromatic rings. The van der Waals surface area contributed by atoms with Gasteiger partial charge in [0.05, 0.1) is 6.54 Å². The summed E-state index contributed by atoms with van der Waals surface area (Å²) in [6, 6.07) is 19.5. The summed E-state index contributed by atoms with van der Waals surface area (Å²) in [5.74, 6) is -1.80. The largest absolute Gasteiger partial charge is 0.504 e. The molecule has 0 fully saturated rings. The molecule has 11 nitrogen and oxygen atoms in total. The zero-order valence-corrected chi connectivity index (χ0v) is 25.9. The van der Waals surface area contributed by atoms with Crippen LogP contribution in [0.25, 0.3) is 0 Å². The van der Waals surface area contributed by atoms with Crippen LogP contribution >= 0.6 is 0 Å². The lowest BCUT2D eigenvalue weighted by atomic mass is 10.0. The Balaban J connectivity index is 1.59. The van der Waals surface area contributed by atoms with Gasteiger partial charge in [-0.2, -0.15) is 0 Å². The normalized spacial score (nSPS) is 12.2. The number of hydrogen-bond acceptors (Lipinski definition) is 7. The van der Waals surface area contributed by atoms with E-state index in [-0.39, 0.29) is 60.2 Å². The summed E-state index contributed by atoms with van der Waals surface area (Å²) in [7, 11) is 0. The fraction of sp³-hybridized carbons (Fsp3) is 0.353. The molecule has 11 heteroatoms. The molecule has 0 saturated carbocycles. The Morgan fingerprint density at radius 1 is 0.756 bits per heavy atom. The van der Waals surface area contributed by atoms with Gasteiger partial charge in [0.15, 0.2) is 11.5 Å². The Morgan fingerprint density at radius 2 is 1.47 bits per heavy atom. The van der Waals surface area contributed by atoms with Crippen LogP contribution in [0.4, 0.5) is 0 Å². The number of nitrogens with one attached hydrogen (secondary N) is 5. The van der Waals surface area contributed by atoms with Crippen LogP contribution in [-0.4, -0.2) is 72.1 Å². The number of phenols is 2. The summed E-state index contributed by atoms with van der Waals surface area (Å²) < 4.78 is 0. The molecule has 3 rings (SSSR count). The molecule has 7 N–H and O–H groups in total. The molecular weight excluding hydrogens is 574 g/mol. The van der Waals surface area contributed by atoms with Crippen molar-refractivity contribution >= 4 is 23.6 Å². The van der Waals surface area contributed by atoms with E-state index in [1.54, 1.807) is 24.3 Å². The summed E-state index contributed by atoms with van der Waals surface area (Å²) in [4.78, 5) is 51.0. The van der Waals surface area contributed by atoms with E-state index in [1.807, 2.05) is 51.1 Å². The van der Waals surface area contributed by atoms with Crippen molar-refractivity contribution in [2.75, 3.05) is 26.2 Å². The molecule has 0 aliphatic carbocycles. The first-order chi connectivity index (χ1) is 21.6. The minimum atomic E-state index is -0.648. The van der Waals surface area contributed by atoms with Gasteiger partial charge in [0, 0.05) is 36.8 Å². The summed E-state index contributed by atoms with van der Waals surface area (Å²) in [5, 5.41) is 33.6. The number of hydrogen-bond donors (Lipinski definition) is 7. The van der Waals surface area contributed by atoms with Crippen molar-refractivity contribution in [2.45, 2.75) is 45.7 Å². The van der Waals surface area contributed by atoms with Gasteiger partial charge in [-0.1, -0.05) is 56.3 Å². The first-order valence-electron chi connectivity index (χ1n) is 15.1. The summed E-state index contributed by atoms with van der Waals surface area (Å²) in [5.41, 5.74) is 2.37. The number of amides is 4. The van der Waals surface area contributed by atoms with Crippen LogP contribution in [0.2, 0.25) is 0 Å². The lowest BCUT2D eigenvalue weighted by Crippen LogP contribution is -2.52. The Hall–Kier alpha value is -4.90. The van der Waals surface area contributed by atoms with E-state index in [0.29, 0.717) is 37.1 Å². The van der Waals surface area contributed by atoms with E-state index in [0.717, 1.165) is 11.1 Å². The third-order valence-electron chi connectivity index (χ3n) is 7.08. The van der Waals surface area contributed by atoms with E-state index >= 15 is 0 Å². The SMILES string of the molecule is CCNC(=O)C(NC(=O)CNCC(Cc1ccccc1)NC(=O)c1cccc(C(=O)NCCc2ccc(O)c(O)c2)c1)C(C)C. The molecule has 0 saturated heterocycles. The summed E-state index contributed by atoms with van der Waals surface area (Å²) in [6.07, 6.45) is 0.942. The number of carbonyl (C=O) groups excluding carboxylic acids is 4. The Morgan fingerprint density at radius 3 is 2.13 bits per heavy atom. The van der Waals surface area contributed by atoms with E-state index in [9.17, 15) is 29.4 Å². The van der Waals surface area contributed by atoms with Crippen LogP contribution in [0.3, 0.4) is 0 Å². The van der Waals surface area contributed by atoms with Crippen LogP contribution in [0, 0.1) is 5.92 Å². The topological polar surface area (TPSA) is 169 Å². The van der Waals surface area contributed by atoms with Crippen LogP contribution in [0.15, 0.2) is 72.8 Å². The molecule has 0 bridgehead atoms. The molecule has 0 aromatic heterocycles. The second-order valence-electron chi connectivity index (χ2n) is 11.1. The molecule has 0 heterocycles. The average Bonchev–Trinajstić information content (AvgIpc) is 3.02. The second kappa shape index (κ2) is 17.4. The van der Waals surface area contributed by atoms with Gasteiger partial charge >= 0.3 is 0 Å². The lowest BCUT2D eigenvalue weighted by Gasteiger charge is -2.23. The lowest BCUT2D eigenvalue weighted by molar-refractivity contribution is -0.129. The van der Waals surface area contributed by atoms with Gasteiger partial charge in [0.25, 0.3) is 11.8 Å². The second-order valence-corrected chi connectivity index (χ2v) is 11.1. The van der Waals surface area contributed by atoms with Crippen molar-refractivity contribution < 1.29 is 29.4 Å². The van der Waals surface area contributed by atoms with Crippen LogP contribution < -0.4 is 26.6 Å². The number of likely N-dealkylation sites (N-methyl/N-ethyl adjacent to an activating group) is 1. The van der Waals surface area contributed by atoms with Gasteiger partial charge in [-0.05, 0) is 67.1 Å². The predicted molar refractivity (Wildman–Crippen MR) is 172 cm³/mol. The van der Waals surface area contributed by atoms with Crippen molar-refractivity contribution in [3.63, 3.8) is 0 Å². The Labute approximate surface area is 263 Å². The molecule has 0 radical (unpaired) electrons. The van der Waals surface area contributed by atoms with Crippen LogP contribution in [-0.2, 0) is 22.4 Å². The molecule has 45 heavy (non-hydrogen) atoms. The van der Waals surface area contributed by atoms with Crippen molar-refractivity contribution in [1.82, 2.24) is 26.6 Å². The highest BCUT2D eigenvalue weighted by atomic mass is 16.3. The van der Waals surface area contributed by atoms with Crippen molar-refractivity contribution in [3.8, 4) is 11.5 Å². The number of carbonyl (C=O) groups is 4. The van der Waals surface area contributed by atoms with Crippen LogP contribution in [0.1, 0.15) is 52.6 Å². The Kier molecular flexibility index (Phi) is 13.4. The fourth-order valence-electron chi connectivity index (χ4n) is 4.69. The molecule has 240 valence electrons. The zero-order chi connectivity index (χ0) is 32.8. The van der Waals surface area contributed by atoms with E-state index in [4.69, 9.17) is 0 Å². The maximum Gasteiger partial charge on any atom is 0.251 e. The van der Waals surface area contributed by atoms with Gasteiger partial charge in [-0.25, -0.2) is 0 Å². The average molecular weight is 618 g/mol. The number of aromatic hydroxyl groups is 2. The highest BCUT2D eigenvalue weighted by Gasteiger charge is 2.24. The molecule has 0 spiro atoms. The number of benzene rings is 3.